The Morgan fingerprint density at radius 2 is 1.03 bits per heavy atom. The Morgan fingerprint density at radius 3 is 1.53 bits per heavy atom. The van der Waals surface area contributed by atoms with Gasteiger partial charge >= 0.3 is 0 Å². The van der Waals surface area contributed by atoms with Crippen molar-refractivity contribution in [2.45, 2.75) is 89.9 Å². The van der Waals surface area contributed by atoms with Gasteiger partial charge in [0.1, 0.15) is 0 Å². The molecule has 0 spiro atoms. The lowest BCUT2D eigenvalue weighted by atomic mass is 9.65. The van der Waals surface area contributed by atoms with Crippen molar-refractivity contribution in [1.82, 2.24) is 0 Å². The average Bonchev–Trinajstić information content (AvgIpc) is 2.83. The van der Waals surface area contributed by atoms with E-state index in [4.69, 9.17) is 0 Å². The minimum absolute atomic E-state index is 0.151. The second-order valence-electron chi connectivity index (χ2n) is 11.1. The molecule has 174 valence electrons. The van der Waals surface area contributed by atoms with Crippen LogP contribution in [0.5, 0.6) is 0 Å². The van der Waals surface area contributed by atoms with E-state index in [1.165, 1.54) is 77.0 Å². The Bertz CT molecular complexity index is 754. The fourth-order valence-electron chi connectivity index (χ4n) is 7.67. The van der Waals surface area contributed by atoms with Gasteiger partial charge in [-0.15, -0.1) is 0 Å². The van der Waals surface area contributed by atoms with E-state index >= 15 is 0 Å². The largest absolute Gasteiger partial charge is 0.326 e. The van der Waals surface area contributed by atoms with Gasteiger partial charge in [-0.05, 0) is 67.6 Å². The predicted molar refractivity (Wildman–Crippen MR) is 129 cm³/mol. The van der Waals surface area contributed by atoms with Gasteiger partial charge in [0.25, 0.3) is 0 Å². The standard InChI is InChI=1S/C28H40N2O2/c31-27(25-16-5-10-19-8-1-3-14-23(19)25)29-21-12-7-13-22(18-21)30-28(32)26-17-6-11-20-9-2-4-15-24(20)26/h7,12-13,18-20,23-26H,1-6,8-11,14-17H2,(H,29,31)(H,30,32). The van der Waals surface area contributed by atoms with Gasteiger partial charge < -0.3 is 10.6 Å². The molecule has 5 rings (SSSR count). The summed E-state index contributed by atoms with van der Waals surface area (Å²) < 4.78 is 0. The highest BCUT2D eigenvalue weighted by Crippen LogP contribution is 2.45. The molecule has 2 amide bonds. The van der Waals surface area contributed by atoms with Crippen LogP contribution in [0.25, 0.3) is 0 Å². The summed E-state index contributed by atoms with van der Waals surface area (Å²) in [7, 11) is 0. The molecule has 1 aromatic carbocycles. The third kappa shape index (κ3) is 4.75. The first-order valence-electron chi connectivity index (χ1n) is 13.4. The molecule has 4 aliphatic carbocycles. The fourth-order valence-corrected chi connectivity index (χ4v) is 7.67. The molecule has 6 atom stereocenters. The first-order chi connectivity index (χ1) is 15.7. The van der Waals surface area contributed by atoms with E-state index in [1.807, 2.05) is 24.3 Å². The summed E-state index contributed by atoms with van der Waals surface area (Å²) in [4.78, 5) is 26.3. The number of rotatable bonds is 4. The van der Waals surface area contributed by atoms with Gasteiger partial charge in [0, 0.05) is 23.2 Å². The SMILES string of the molecule is O=C(Nc1cccc(NC(=O)C2CCCC3CCCCC32)c1)C1CCCC2CCCCC21. The maximum atomic E-state index is 13.2. The summed E-state index contributed by atoms with van der Waals surface area (Å²) in [5.41, 5.74) is 1.62. The molecule has 6 unspecified atom stereocenters. The molecule has 4 nitrogen and oxygen atoms in total. The van der Waals surface area contributed by atoms with E-state index in [9.17, 15) is 9.59 Å². The van der Waals surface area contributed by atoms with Gasteiger partial charge in [-0.3, -0.25) is 9.59 Å². The van der Waals surface area contributed by atoms with Gasteiger partial charge in [-0.1, -0.05) is 70.3 Å². The van der Waals surface area contributed by atoms with Crippen LogP contribution in [0.1, 0.15) is 89.9 Å². The quantitative estimate of drug-likeness (QED) is 0.547. The van der Waals surface area contributed by atoms with E-state index in [0.717, 1.165) is 36.1 Å². The highest BCUT2D eigenvalue weighted by atomic mass is 16.2. The number of nitrogens with one attached hydrogen (secondary N) is 2. The first-order valence-corrected chi connectivity index (χ1v) is 13.4. The molecule has 0 radical (unpaired) electrons. The minimum Gasteiger partial charge on any atom is -0.326 e. The van der Waals surface area contributed by atoms with Crippen LogP contribution in [-0.2, 0) is 9.59 Å². The van der Waals surface area contributed by atoms with Crippen molar-refractivity contribution in [1.29, 1.82) is 0 Å². The van der Waals surface area contributed by atoms with Gasteiger partial charge in [-0.25, -0.2) is 0 Å². The van der Waals surface area contributed by atoms with Crippen LogP contribution in [0.15, 0.2) is 24.3 Å². The van der Waals surface area contributed by atoms with E-state index in [2.05, 4.69) is 10.6 Å². The lowest BCUT2D eigenvalue weighted by molar-refractivity contribution is -0.125. The molecule has 0 bridgehead atoms. The molecule has 0 saturated heterocycles. The predicted octanol–water partition coefficient (Wildman–Crippen LogP) is 6.78. The molecule has 4 aliphatic rings. The second-order valence-corrected chi connectivity index (χ2v) is 11.1. The van der Waals surface area contributed by atoms with E-state index in [-0.39, 0.29) is 23.7 Å². The number of hydrogen-bond donors (Lipinski definition) is 2. The number of benzene rings is 1. The number of amides is 2. The molecule has 0 aromatic heterocycles. The highest BCUT2D eigenvalue weighted by Gasteiger charge is 2.39. The number of hydrogen-bond acceptors (Lipinski definition) is 2. The van der Waals surface area contributed by atoms with Crippen LogP contribution >= 0.6 is 0 Å². The Labute approximate surface area is 193 Å². The van der Waals surface area contributed by atoms with Gasteiger partial charge in [0.2, 0.25) is 11.8 Å². The smallest absolute Gasteiger partial charge is 0.227 e. The summed E-state index contributed by atoms with van der Waals surface area (Å²) in [6, 6.07) is 7.79. The van der Waals surface area contributed by atoms with Crippen molar-refractivity contribution >= 4 is 23.2 Å². The number of carbonyl (C=O) groups is 2. The van der Waals surface area contributed by atoms with Crippen LogP contribution in [0.2, 0.25) is 0 Å². The molecule has 2 N–H and O–H groups in total. The lowest BCUT2D eigenvalue weighted by Gasteiger charge is -2.40. The van der Waals surface area contributed by atoms with E-state index in [0.29, 0.717) is 11.8 Å². The second kappa shape index (κ2) is 9.97. The summed E-state index contributed by atoms with van der Waals surface area (Å²) in [5, 5.41) is 6.39. The Hall–Kier alpha value is -1.84. The molecular formula is C28H40N2O2. The average molecular weight is 437 g/mol. The topological polar surface area (TPSA) is 58.2 Å². The third-order valence-electron chi connectivity index (χ3n) is 9.22. The number of fused-ring (bicyclic) bond motifs is 2. The molecular weight excluding hydrogens is 396 g/mol. The van der Waals surface area contributed by atoms with Crippen LogP contribution in [0.3, 0.4) is 0 Å². The molecule has 4 heteroatoms. The molecule has 0 heterocycles. The Morgan fingerprint density at radius 1 is 0.594 bits per heavy atom. The van der Waals surface area contributed by atoms with Gasteiger partial charge in [0.05, 0.1) is 0 Å². The zero-order valence-electron chi connectivity index (χ0n) is 19.5. The number of anilines is 2. The van der Waals surface area contributed by atoms with Gasteiger partial charge in [-0.2, -0.15) is 0 Å². The molecule has 1 aromatic rings. The third-order valence-corrected chi connectivity index (χ3v) is 9.22. The van der Waals surface area contributed by atoms with Crippen LogP contribution in [0.4, 0.5) is 11.4 Å². The van der Waals surface area contributed by atoms with Crippen molar-refractivity contribution in [2.75, 3.05) is 10.6 Å². The van der Waals surface area contributed by atoms with Crippen molar-refractivity contribution in [3.05, 3.63) is 24.3 Å². The van der Waals surface area contributed by atoms with Crippen molar-refractivity contribution in [3.8, 4) is 0 Å². The van der Waals surface area contributed by atoms with Gasteiger partial charge in [0.15, 0.2) is 0 Å². The van der Waals surface area contributed by atoms with Crippen LogP contribution in [-0.4, -0.2) is 11.8 Å². The molecule has 0 aliphatic heterocycles. The molecule has 32 heavy (non-hydrogen) atoms. The number of carbonyl (C=O) groups excluding carboxylic acids is 2. The fraction of sp³-hybridized carbons (Fsp3) is 0.714. The van der Waals surface area contributed by atoms with Crippen LogP contribution < -0.4 is 10.6 Å². The maximum absolute atomic E-state index is 13.2. The maximum Gasteiger partial charge on any atom is 0.227 e. The van der Waals surface area contributed by atoms with E-state index < -0.39 is 0 Å². The monoisotopic (exact) mass is 436 g/mol. The lowest BCUT2D eigenvalue weighted by Crippen LogP contribution is -2.38. The van der Waals surface area contributed by atoms with Crippen LogP contribution in [0, 0.1) is 35.5 Å². The zero-order chi connectivity index (χ0) is 21.9. The highest BCUT2D eigenvalue weighted by molar-refractivity contribution is 5.96. The Kier molecular flexibility index (Phi) is 6.85. The molecule has 4 saturated carbocycles. The normalized spacial score (nSPS) is 34.6. The van der Waals surface area contributed by atoms with E-state index in [1.54, 1.807) is 0 Å². The minimum atomic E-state index is 0.151. The molecule has 4 fully saturated rings. The summed E-state index contributed by atoms with van der Waals surface area (Å²) >= 11 is 0. The summed E-state index contributed by atoms with van der Waals surface area (Å²) in [6.07, 6.45) is 17.3. The Balaban J connectivity index is 1.21. The first kappa shape index (κ1) is 22.0. The van der Waals surface area contributed by atoms with Crippen molar-refractivity contribution in [2.24, 2.45) is 35.5 Å². The van der Waals surface area contributed by atoms with Crippen molar-refractivity contribution in [3.63, 3.8) is 0 Å². The summed E-state index contributed by atoms with van der Waals surface area (Å²) in [6.45, 7) is 0. The summed E-state index contributed by atoms with van der Waals surface area (Å²) in [5.74, 6) is 3.29. The van der Waals surface area contributed by atoms with Crippen molar-refractivity contribution < 1.29 is 9.59 Å². The zero-order valence-corrected chi connectivity index (χ0v) is 19.5.